The Kier molecular flexibility index (Phi) is 5.68. The maximum atomic E-state index is 13.5. The molecule has 0 atom stereocenters. The third kappa shape index (κ3) is 4.77. The second-order valence-corrected chi connectivity index (χ2v) is 5.47. The largest absolute Gasteiger partial charge is 0.493 e. The van der Waals surface area contributed by atoms with E-state index in [-0.39, 0.29) is 5.69 Å². The Balaban J connectivity index is 2.18. The van der Waals surface area contributed by atoms with Crippen molar-refractivity contribution in [2.45, 2.75) is 13.8 Å². The lowest BCUT2D eigenvalue weighted by Gasteiger charge is -2.12. The molecule has 122 valence electrons. The van der Waals surface area contributed by atoms with Gasteiger partial charge in [-0.25, -0.2) is 8.78 Å². The van der Waals surface area contributed by atoms with Crippen LogP contribution in [0.5, 0.6) is 11.5 Å². The summed E-state index contributed by atoms with van der Waals surface area (Å²) in [5.41, 5.74) is 0.799. The van der Waals surface area contributed by atoms with Crippen molar-refractivity contribution in [1.82, 2.24) is 0 Å². The van der Waals surface area contributed by atoms with Crippen molar-refractivity contribution in [3.05, 3.63) is 53.6 Å². The number of methoxy groups -OCH3 is 1. The van der Waals surface area contributed by atoms with Crippen molar-refractivity contribution in [2.24, 2.45) is 10.9 Å². The van der Waals surface area contributed by atoms with Crippen molar-refractivity contribution >= 4 is 11.9 Å². The molecule has 0 spiro atoms. The molecule has 0 radical (unpaired) electrons. The summed E-state index contributed by atoms with van der Waals surface area (Å²) in [7, 11) is 1.55. The van der Waals surface area contributed by atoms with Gasteiger partial charge in [0.15, 0.2) is 17.3 Å². The molecule has 0 saturated carbocycles. The zero-order valence-electron chi connectivity index (χ0n) is 13.3. The van der Waals surface area contributed by atoms with E-state index in [4.69, 9.17) is 9.47 Å². The summed E-state index contributed by atoms with van der Waals surface area (Å²) in [5.74, 6) is 0.294. The Hall–Kier alpha value is -2.43. The summed E-state index contributed by atoms with van der Waals surface area (Å²) in [6, 6.07) is 8.58. The van der Waals surface area contributed by atoms with E-state index in [0.717, 1.165) is 11.6 Å². The summed E-state index contributed by atoms with van der Waals surface area (Å²) >= 11 is 0. The van der Waals surface area contributed by atoms with Gasteiger partial charge in [0, 0.05) is 12.3 Å². The van der Waals surface area contributed by atoms with Crippen LogP contribution in [-0.4, -0.2) is 19.9 Å². The molecule has 3 nitrogen and oxygen atoms in total. The Morgan fingerprint density at radius 3 is 2.52 bits per heavy atom. The fourth-order valence-corrected chi connectivity index (χ4v) is 1.87. The van der Waals surface area contributed by atoms with Crippen LogP contribution in [0.4, 0.5) is 14.5 Å². The fraction of sp³-hybridized carbons (Fsp3) is 0.278. The molecule has 0 N–H and O–H groups in total. The van der Waals surface area contributed by atoms with E-state index in [9.17, 15) is 8.78 Å². The zero-order chi connectivity index (χ0) is 16.8. The second-order valence-electron chi connectivity index (χ2n) is 5.47. The number of hydrogen-bond acceptors (Lipinski definition) is 3. The Bertz CT molecular complexity index is 699. The lowest BCUT2D eigenvalue weighted by atomic mass is 10.2. The normalized spacial score (nSPS) is 11.2. The highest BCUT2D eigenvalue weighted by atomic mass is 19.1. The number of benzene rings is 2. The predicted octanol–water partition coefficient (Wildman–Crippen LogP) is 4.76. The Morgan fingerprint density at radius 2 is 1.87 bits per heavy atom. The minimum absolute atomic E-state index is 0.0745. The van der Waals surface area contributed by atoms with Crippen molar-refractivity contribution in [3.63, 3.8) is 0 Å². The quantitative estimate of drug-likeness (QED) is 0.719. The zero-order valence-corrected chi connectivity index (χ0v) is 13.3. The standard InChI is InChI=1S/C18H19F2NO2/c1-12(2)11-23-17-7-4-13(8-18(17)22-3)10-21-16-6-5-14(19)9-15(16)20/h4-10,12H,11H2,1-3H3. The molecule has 0 aliphatic heterocycles. The van der Waals surface area contributed by atoms with Gasteiger partial charge in [-0.3, -0.25) is 4.99 Å². The van der Waals surface area contributed by atoms with Crippen LogP contribution >= 0.6 is 0 Å². The van der Waals surface area contributed by atoms with Gasteiger partial charge in [0.25, 0.3) is 0 Å². The van der Waals surface area contributed by atoms with Gasteiger partial charge in [-0.2, -0.15) is 0 Å². The molecule has 2 aromatic rings. The average molecular weight is 319 g/mol. The molecule has 0 unspecified atom stereocenters. The molecule has 0 aromatic heterocycles. The summed E-state index contributed by atoms with van der Waals surface area (Å²) in [6.45, 7) is 4.71. The third-order valence-electron chi connectivity index (χ3n) is 3.02. The molecule has 0 fully saturated rings. The summed E-state index contributed by atoms with van der Waals surface area (Å²) in [4.78, 5) is 4.03. The number of halogens is 2. The van der Waals surface area contributed by atoms with Crippen molar-refractivity contribution in [1.29, 1.82) is 0 Å². The van der Waals surface area contributed by atoms with Crippen LogP contribution in [0, 0.1) is 17.6 Å². The maximum Gasteiger partial charge on any atom is 0.161 e. The summed E-state index contributed by atoms with van der Waals surface area (Å²) < 4.78 is 37.4. The summed E-state index contributed by atoms with van der Waals surface area (Å²) in [5, 5.41) is 0. The van der Waals surface area contributed by atoms with Crippen LogP contribution in [0.15, 0.2) is 41.4 Å². The lowest BCUT2D eigenvalue weighted by molar-refractivity contribution is 0.257. The number of hydrogen-bond donors (Lipinski definition) is 0. The van der Waals surface area contributed by atoms with E-state index >= 15 is 0 Å². The highest BCUT2D eigenvalue weighted by Gasteiger charge is 2.07. The summed E-state index contributed by atoms with van der Waals surface area (Å²) in [6.07, 6.45) is 1.49. The van der Waals surface area contributed by atoms with Gasteiger partial charge in [-0.1, -0.05) is 13.8 Å². The average Bonchev–Trinajstić information content (AvgIpc) is 2.52. The number of aliphatic imine (C=N–C) groups is 1. The number of nitrogens with zero attached hydrogens (tertiary/aromatic N) is 1. The minimum Gasteiger partial charge on any atom is -0.493 e. The molecular formula is C18H19F2NO2. The van der Waals surface area contributed by atoms with Crippen molar-refractivity contribution in [2.75, 3.05) is 13.7 Å². The third-order valence-corrected chi connectivity index (χ3v) is 3.02. The lowest BCUT2D eigenvalue weighted by Crippen LogP contribution is -2.05. The molecule has 2 aromatic carbocycles. The van der Waals surface area contributed by atoms with Gasteiger partial charge in [-0.05, 0) is 41.8 Å². The van der Waals surface area contributed by atoms with Crippen LogP contribution in [0.1, 0.15) is 19.4 Å². The number of ether oxygens (including phenoxy) is 2. The Labute approximate surface area is 134 Å². The molecule has 0 aliphatic rings. The van der Waals surface area contributed by atoms with Crippen LogP contribution in [0.2, 0.25) is 0 Å². The van der Waals surface area contributed by atoms with E-state index in [1.165, 1.54) is 18.3 Å². The molecule has 0 heterocycles. The van der Waals surface area contributed by atoms with E-state index in [2.05, 4.69) is 18.8 Å². The first-order valence-corrected chi connectivity index (χ1v) is 7.29. The fourth-order valence-electron chi connectivity index (χ4n) is 1.87. The smallest absolute Gasteiger partial charge is 0.161 e. The van der Waals surface area contributed by atoms with Gasteiger partial charge in [0.1, 0.15) is 5.82 Å². The van der Waals surface area contributed by atoms with E-state index < -0.39 is 11.6 Å². The number of rotatable bonds is 6. The Morgan fingerprint density at radius 1 is 1.09 bits per heavy atom. The molecule has 23 heavy (non-hydrogen) atoms. The molecule has 0 bridgehead atoms. The first-order valence-electron chi connectivity index (χ1n) is 7.29. The molecule has 5 heteroatoms. The van der Waals surface area contributed by atoms with E-state index in [1.54, 1.807) is 25.3 Å². The van der Waals surface area contributed by atoms with Gasteiger partial charge in [-0.15, -0.1) is 0 Å². The highest BCUT2D eigenvalue weighted by Crippen LogP contribution is 2.28. The minimum atomic E-state index is -0.704. The second kappa shape index (κ2) is 7.72. The van der Waals surface area contributed by atoms with Gasteiger partial charge < -0.3 is 9.47 Å². The topological polar surface area (TPSA) is 30.8 Å². The molecular weight excluding hydrogens is 300 g/mol. The molecule has 2 rings (SSSR count). The van der Waals surface area contributed by atoms with Crippen LogP contribution in [0.3, 0.4) is 0 Å². The predicted molar refractivity (Wildman–Crippen MR) is 86.9 cm³/mol. The maximum absolute atomic E-state index is 13.5. The molecule has 0 aliphatic carbocycles. The van der Waals surface area contributed by atoms with Crippen LogP contribution in [-0.2, 0) is 0 Å². The SMILES string of the molecule is COc1cc(C=Nc2ccc(F)cc2F)ccc1OCC(C)C. The monoisotopic (exact) mass is 319 g/mol. The first kappa shape index (κ1) is 16.9. The van der Waals surface area contributed by atoms with E-state index in [1.807, 2.05) is 0 Å². The van der Waals surface area contributed by atoms with Gasteiger partial charge >= 0.3 is 0 Å². The van der Waals surface area contributed by atoms with Crippen LogP contribution < -0.4 is 9.47 Å². The molecule has 0 amide bonds. The molecule has 0 saturated heterocycles. The van der Waals surface area contributed by atoms with Crippen molar-refractivity contribution < 1.29 is 18.3 Å². The van der Waals surface area contributed by atoms with Crippen LogP contribution in [0.25, 0.3) is 0 Å². The van der Waals surface area contributed by atoms with Crippen molar-refractivity contribution in [3.8, 4) is 11.5 Å². The highest BCUT2D eigenvalue weighted by molar-refractivity contribution is 5.83. The van der Waals surface area contributed by atoms with Gasteiger partial charge in [0.2, 0.25) is 0 Å². The van der Waals surface area contributed by atoms with E-state index in [0.29, 0.717) is 24.0 Å². The first-order chi connectivity index (χ1) is 11.0. The van der Waals surface area contributed by atoms with Gasteiger partial charge in [0.05, 0.1) is 19.4 Å².